The van der Waals surface area contributed by atoms with Gasteiger partial charge in [0.05, 0.1) is 16.1 Å². The molecule has 196 valence electrons. The summed E-state index contributed by atoms with van der Waals surface area (Å²) in [6.45, 7) is 1.33. The number of nitrogens with zero attached hydrogens (tertiary/aromatic N) is 1. The van der Waals surface area contributed by atoms with Crippen LogP contribution < -0.4 is 16.9 Å². The smallest absolute Gasteiger partial charge is 0.383 e. The van der Waals surface area contributed by atoms with Crippen LogP contribution in [0.2, 0.25) is 0 Å². The number of amides is 1. The number of hydrogen-bond donors (Lipinski definition) is 3. The zero-order valence-corrected chi connectivity index (χ0v) is 20.5. The molecule has 1 unspecified atom stereocenters. The Balaban J connectivity index is 1.70. The third kappa shape index (κ3) is 5.42. The summed E-state index contributed by atoms with van der Waals surface area (Å²) < 4.78 is 73.3. The van der Waals surface area contributed by atoms with Crippen LogP contribution in [0.15, 0.2) is 83.6 Å². The molecule has 0 bridgehead atoms. The highest BCUT2D eigenvalue weighted by molar-refractivity contribution is 7.80. The number of benzene rings is 3. The summed E-state index contributed by atoms with van der Waals surface area (Å²) in [6, 6.07) is 15.4. The number of nitrogens with two attached hydrogens (primary N) is 2. The minimum Gasteiger partial charge on any atom is -0.383 e. The van der Waals surface area contributed by atoms with E-state index in [1.165, 1.54) is 43.5 Å². The fourth-order valence-corrected chi connectivity index (χ4v) is 4.51. The summed E-state index contributed by atoms with van der Waals surface area (Å²) in [5.41, 5.74) is 4.40. The molecule has 0 aliphatic rings. The van der Waals surface area contributed by atoms with Gasteiger partial charge in [-0.15, -0.1) is 0 Å². The van der Waals surface area contributed by atoms with E-state index in [0.29, 0.717) is 10.9 Å². The van der Waals surface area contributed by atoms with E-state index in [1.807, 2.05) is 5.32 Å². The monoisotopic (exact) mass is 544 g/mol. The highest BCUT2D eigenvalue weighted by atomic mass is 32.2. The van der Waals surface area contributed by atoms with Crippen molar-refractivity contribution in [2.24, 2.45) is 5.90 Å². The second-order valence-electron chi connectivity index (χ2n) is 8.11. The number of nitrogens with one attached hydrogen (secondary N) is 1. The van der Waals surface area contributed by atoms with Crippen LogP contribution in [0, 0.1) is 0 Å². The third-order valence-corrected chi connectivity index (χ3v) is 6.69. The van der Waals surface area contributed by atoms with E-state index in [1.54, 1.807) is 24.3 Å². The summed E-state index contributed by atoms with van der Waals surface area (Å²) in [6.07, 6.45) is -3.39. The molecule has 0 spiro atoms. The average molecular weight is 545 g/mol. The van der Waals surface area contributed by atoms with Gasteiger partial charge in [0.1, 0.15) is 5.82 Å². The van der Waals surface area contributed by atoms with Gasteiger partial charge in [-0.25, -0.2) is 13.6 Å². The fourth-order valence-electron chi connectivity index (χ4n) is 3.86. The van der Waals surface area contributed by atoms with Gasteiger partial charge in [0, 0.05) is 17.1 Å². The molecule has 1 amide bonds. The van der Waals surface area contributed by atoms with Crippen molar-refractivity contribution < 1.29 is 30.8 Å². The highest BCUT2D eigenvalue weighted by Crippen LogP contribution is 2.39. The molecule has 0 aliphatic heterocycles. The molecule has 0 saturated heterocycles. The Kier molecular flexibility index (Phi) is 7.58. The van der Waals surface area contributed by atoms with Gasteiger partial charge in [-0.05, 0) is 59.3 Å². The normalized spacial score (nSPS) is 13.2. The lowest BCUT2D eigenvalue weighted by molar-refractivity contribution is -0.136. The van der Waals surface area contributed by atoms with Gasteiger partial charge in [0.15, 0.2) is 5.83 Å². The maximum absolute atomic E-state index is 15.1. The quantitative estimate of drug-likeness (QED) is 0.161. The van der Waals surface area contributed by atoms with Gasteiger partial charge >= 0.3 is 6.18 Å². The number of hydrogen-bond acceptors (Lipinski definition) is 6. The van der Waals surface area contributed by atoms with Crippen molar-refractivity contribution in [2.75, 3.05) is 11.1 Å². The zero-order chi connectivity index (χ0) is 27.6. The molecule has 0 radical (unpaired) electrons. The fraction of sp³-hybridized carbons (Fsp3) is 0.0769. The summed E-state index contributed by atoms with van der Waals surface area (Å²) >= 11 is -2.13. The van der Waals surface area contributed by atoms with E-state index in [9.17, 15) is 22.2 Å². The second kappa shape index (κ2) is 10.7. The molecular formula is C26H20F4N4O3S. The van der Waals surface area contributed by atoms with Crippen LogP contribution in [-0.2, 0) is 26.3 Å². The number of allylic oxidation sites excluding steroid dienone is 1. The summed E-state index contributed by atoms with van der Waals surface area (Å²) in [7, 11) is 0. The lowest BCUT2D eigenvalue weighted by atomic mass is 10.0. The molecule has 5 N–H and O–H groups in total. The van der Waals surface area contributed by atoms with Crippen molar-refractivity contribution >= 4 is 44.8 Å². The molecule has 4 rings (SSSR count). The Labute approximate surface area is 216 Å². The van der Waals surface area contributed by atoms with Gasteiger partial charge in [0.2, 0.25) is 11.1 Å². The number of fused-ring (bicyclic) bond motifs is 1. The van der Waals surface area contributed by atoms with Crippen LogP contribution in [0.3, 0.4) is 0 Å². The first-order valence-electron chi connectivity index (χ1n) is 10.9. The van der Waals surface area contributed by atoms with E-state index in [0.717, 1.165) is 17.5 Å². The van der Waals surface area contributed by atoms with Gasteiger partial charge < -0.3 is 11.1 Å². The lowest BCUT2D eigenvalue weighted by Crippen LogP contribution is -2.17. The minimum atomic E-state index is -4.91. The number of pyridine rings is 1. The number of carbonyl (C=O) groups excluding carboxylic acids is 1. The van der Waals surface area contributed by atoms with Crippen LogP contribution in [0.4, 0.5) is 29.1 Å². The molecule has 38 heavy (non-hydrogen) atoms. The maximum Gasteiger partial charge on any atom is 0.418 e. The molecule has 1 atom stereocenters. The predicted octanol–water partition coefficient (Wildman–Crippen LogP) is 5.75. The largest absolute Gasteiger partial charge is 0.418 e. The first-order chi connectivity index (χ1) is 18.0. The van der Waals surface area contributed by atoms with Gasteiger partial charge in [0.25, 0.3) is 5.91 Å². The summed E-state index contributed by atoms with van der Waals surface area (Å²) in [4.78, 5) is 16.7. The molecule has 7 nitrogen and oxygen atoms in total. The molecule has 0 saturated carbocycles. The van der Waals surface area contributed by atoms with Crippen molar-refractivity contribution in [3.05, 3.63) is 89.9 Å². The Bertz CT molecular complexity index is 1610. The van der Waals surface area contributed by atoms with Crippen molar-refractivity contribution in [3.63, 3.8) is 0 Å². The average Bonchev–Trinajstić information content (AvgIpc) is 2.91. The maximum atomic E-state index is 15.1. The van der Waals surface area contributed by atoms with E-state index in [-0.39, 0.29) is 27.4 Å². The van der Waals surface area contributed by atoms with Crippen LogP contribution in [0.1, 0.15) is 18.1 Å². The molecule has 1 heterocycles. The number of aromatic nitrogens is 1. The van der Waals surface area contributed by atoms with Gasteiger partial charge in [-0.3, -0.25) is 4.79 Å². The number of alkyl halides is 3. The van der Waals surface area contributed by atoms with E-state index in [4.69, 9.17) is 11.6 Å². The van der Waals surface area contributed by atoms with E-state index >= 15 is 4.39 Å². The molecule has 0 aliphatic carbocycles. The standard InChI is InChI=1S/C26H20F4N4O3S/c1-14(16-7-6-15-10-11-33-24(31)19(15)12-16)23(27)25(35)34-21-9-8-17(13-20(21)26(28,29)30)18-4-2-3-5-22(18)38(36)37-32/h2-13H,32H2,1H3,(H2,31,33)(H,34,35)/b23-14+. The minimum absolute atomic E-state index is 0.0332. The highest BCUT2D eigenvalue weighted by Gasteiger charge is 2.35. The van der Waals surface area contributed by atoms with Crippen molar-refractivity contribution in [3.8, 4) is 11.1 Å². The number of anilines is 2. The van der Waals surface area contributed by atoms with Gasteiger partial charge in [-0.2, -0.15) is 23.4 Å². The molecular weight excluding hydrogens is 524 g/mol. The van der Waals surface area contributed by atoms with E-state index in [2.05, 4.69) is 9.27 Å². The Morgan fingerprint density at radius 2 is 1.79 bits per heavy atom. The number of nitrogen functional groups attached to an aromatic ring is 1. The van der Waals surface area contributed by atoms with E-state index < -0.39 is 40.2 Å². The molecule has 3 aromatic carbocycles. The van der Waals surface area contributed by atoms with Crippen LogP contribution in [0.25, 0.3) is 27.5 Å². The molecule has 0 fully saturated rings. The molecule has 4 aromatic rings. The number of rotatable bonds is 6. The van der Waals surface area contributed by atoms with Crippen molar-refractivity contribution in [1.29, 1.82) is 0 Å². The lowest BCUT2D eigenvalue weighted by Gasteiger charge is -2.16. The first-order valence-corrected chi connectivity index (χ1v) is 12.0. The van der Waals surface area contributed by atoms with Crippen molar-refractivity contribution in [2.45, 2.75) is 18.0 Å². The zero-order valence-electron chi connectivity index (χ0n) is 19.7. The summed E-state index contributed by atoms with van der Waals surface area (Å²) in [5.74, 6) is 2.55. The summed E-state index contributed by atoms with van der Waals surface area (Å²) in [5, 5.41) is 3.29. The van der Waals surface area contributed by atoms with Gasteiger partial charge in [-0.1, -0.05) is 36.4 Å². The number of carbonyl (C=O) groups is 1. The Morgan fingerprint density at radius 3 is 2.50 bits per heavy atom. The Morgan fingerprint density at radius 1 is 1.05 bits per heavy atom. The SMILES string of the molecule is C/C(=C(\F)C(=O)Nc1ccc(-c2ccccc2S(=O)ON)cc1C(F)(F)F)c1ccc2ccnc(N)c2c1. The third-order valence-electron chi connectivity index (χ3n) is 5.80. The molecule has 1 aromatic heterocycles. The molecule has 12 heteroatoms. The Hall–Kier alpha value is -4.13. The predicted molar refractivity (Wildman–Crippen MR) is 137 cm³/mol. The van der Waals surface area contributed by atoms with Crippen LogP contribution in [-0.4, -0.2) is 15.1 Å². The topological polar surface area (TPSA) is 120 Å². The second-order valence-corrected chi connectivity index (χ2v) is 9.21. The van der Waals surface area contributed by atoms with Crippen LogP contribution in [0.5, 0.6) is 0 Å². The first kappa shape index (κ1) is 26.9. The van der Waals surface area contributed by atoms with Crippen molar-refractivity contribution in [1.82, 2.24) is 4.98 Å². The van der Waals surface area contributed by atoms with Crippen LogP contribution >= 0.6 is 0 Å². The number of halogens is 4.